The van der Waals surface area contributed by atoms with E-state index in [1.807, 2.05) is 18.4 Å². The maximum absolute atomic E-state index is 12.3. The fraction of sp³-hybridized carbons (Fsp3) is 0.333. The number of benzene rings is 1. The van der Waals surface area contributed by atoms with E-state index in [2.05, 4.69) is 10.3 Å². The second-order valence-electron chi connectivity index (χ2n) is 4.72. The lowest BCUT2D eigenvalue weighted by Crippen LogP contribution is -2.25. The largest absolute Gasteiger partial charge is 0.497 e. The first-order valence-corrected chi connectivity index (χ1v) is 6.83. The third-order valence-electron chi connectivity index (χ3n) is 3.38. The van der Waals surface area contributed by atoms with Crippen LogP contribution in [0.3, 0.4) is 0 Å². The number of hydrogen-bond acceptors (Lipinski definition) is 4. The average molecular weight is 288 g/mol. The highest BCUT2D eigenvalue weighted by molar-refractivity contribution is 5.96. The molecule has 0 aliphatic heterocycles. The van der Waals surface area contributed by atoms with Gasteiger partial charge in [0.15, 0.2) is 0 Å². The van der Waals surface area contributed by atoms with Gasteiger partial charge >= 0.3 is 0 Å². The van der Waals surface area contributed by atoms with Crippen LogP contribution >= 0.6 is 0 Å². The van der Waals surface area contributed by atoms with Crippen LogP contribution in [0.15, 0.2) is 30.6 Å². The van der Waals surface area contributed by atoms with Gasteiger partial charge in [0.25, 0.3) is 0 Å². The smallest absolute Gasteiger partial charge is 0.247 e. The molecule has 0 saturated carbocycles. The molecule has 0 spiro atoms. The minimum Gasteiger partial charge on any atom is -0.497 e. The number of ether oxygens (including phenoxy) is 1. The standard InChI is InChI=1S/C15H20N4O2/c1-4-14-17-7-8-19(14)10(2)15(20)18-13-6-5-11(21-3)9-12(13)16/h5-10H,4,16H2,1-3H3,(H,18,20). The van der Waals surface area contributed by atoms with Crippen LogP contribution < -0.4 is 15.8 Å². The van der Waals surface area contributed by atoms with Crippen LogP contribution in [0.5, 0.6) is 5.75 Å². The van der Waals surface area contributed by atoms with Crippen LogP contribution in [-0.2, 0) is 11.2 Å². The van der Waals surface area contributed by atoms with Crippen molar-refractivity contribution in [1.82, 2.24) is 9.55 Å². The molecule has 3 N–H and O–H groups in total. The average Bonchev–Trinajstić information content (AvgIpc) is 2.96. The van der Waals surface area contributed by atoms with E-state index >= 15 is 0 Å². The Kier molecular flexibility index (Phi) is 4.47. The Hall–Kier alpha value is -2.50. The lowest BCUT2D eigenvalue weighted by atomic mass is 10.2. The van der Waals surface area contributed by atoms with Gasteiger partial charge in [-0.3, -0.25) is 4.79 Å². The SMILES string of the molecule is CCc1nccn1C(C)C(=O)Nc1ccc(OC)cc1N. The molecule has 1 amide bonds. The highest BCUT2D eigenvalue weighted by Crippen LogP contribution is 2.25. The highest BCUT2D eigenvalue weighted by Gasteiger charge is 2.18. The molecule has 2 aromatic rings. The number of aromatic nitrogens is 2. The summed E-state index contributed by atoms with van der Waals surface area (Å²) < 4.78 is 6.94. The van der Waals surface area contributed by atoms with Crippen molar-refractivity contribution < 1.29 is 9.53 Å². The van der Waals surface area contributed by atoms with E-state index in [-0.39, 0.29) is 11.9 Å². The predicted molar refractivity (Wildman–Crippen MR) is 82.4 cm³/mol. The van der Waals surface area contributed by atoms with Crippen molar-refractivity contribution in [2.24, 2.45) is 0 Å². The summed E-state index contributed by atoms with van der Waals surface area (Å²) in [5.41, 5.74) is 6.95. The summed E-state index contributed by atoms with van der Waals surface area (Å²) in [6.45, 7) is 3.83. The monoisotopic (exact) mass is 288 g/mol. The Bertz CT molecular complexity index is 636. The summed E-state index contributed by atoms with van der Waals surface area (Å²) in [5.74, 6) is 1.39. The molecule has 1 atom stereocenters. The summed E-state index contributed by atoms with van der Waals surface area (Å²) in [6.07, 6.45) is 4.28. The van der Waals surface area contributed by atoms with Crippen molar-refractivity contribution in [2.45, 2.75) is 26.3 Å². The third kappa shape index (κ3) is 3.16. The fourth-order valence-electron chi connectivity index (χ4n) is 2.12. The van der Waals surface area contributed by atoms with E-state index in [0.717, 1.165) is 12.2 Å². The molecular formula is C15H20N4O2. The van der Waals surface area contributed by atoms with Gasteiger partial charge in [-0.15, -0.1) is 0 Å². The molecule has 1 aromatic heterocycles. The first-order valence-electron chi connectivity index (χ1n) is 6.83. The quantitative estimate of drug-likeness (QED) is 0.827. The van der Waals surface area contributed by atoms with Crippen LogP contribution in [0.25, 0.3) is 0 Å². The number of amides is 1. The molecule has 6 nitrogen and oxygen atoms in total. The van der Waals surface area contributed by atoms with Crippen molar-refractivity contribution in [3.63, 3.8) is 0 Å². The number of nitrogens with zero attached hydrogens (tertiary/aromatic N) is 2. The van der Waals surface area contributed by atoms with E-state index in [4.69, 9.17) is 10.5 Å². The Morgan fingerprint density at radius 3 is 2.90 bits per heavy atom. The van der Waals surface area contributed by atoms with E-state index in [9.17, 15) is 4.79 Å². The van der Waals surface area contributed by atoms with Gasteiger partial charge in [-0.25, -0.2) is 4.98 Å². The minimum atomic E-state index is -0.357. The Morgan fingerprint density at radius 1 is 1.52 bits per heavy atom. The second kappa shape index (κ2) is 6.30. The number of nitrogen functional groups attached to an aromatic ring is 1. The topological polar surface area (TPSA) is 82.2 Å². The summed E-state index contributed by atoms with van der Waals surface area (Å²) in [5, 5.41) is 2.83. The summed E-state index contributed by atoms with van der Waals surface area (Å²) in [4.78, 5) is 16.6. The normalized spacial score (nSPS) is 12.0. The van der Waals surface area contributed by atoms with Gasteiger partial charge in [-0.1, -0.05) is 6.92 Å². The maximum atomic E-state index is 12.3. The molecule has 0 radical (unpaired) electrons. The number of aryl methyl sites for hydroxylation is 1. The number of hydrogen-bond donors (Lipinski definition) is 2. The number of carbonyl (C=O) groups excluding carboxylic acids is 1. The van der Waals surface area contributed by atoms with E-state index in [0.29, 0.717) is 17.1 Å². The number of rotatable bonds is 5. The van der Waals surface area contributed by atoms with Crippen LogP contribution in [0.1, 0.15) is 25.7 Å². The molecule has 112 valence electrons. The lowest BCUT2D eigenvalue weighted by Gasteiger charge is -2.17. The number of imidazole rings is 1. The molecule has 1 unspecified atom stereocenters. The summed E-state index contributed by atoms with van der Waals surface area (Å²) in [6, 6.07) is 4.80. The van der Waals surface area contributed by atoms with E-state index in [1.54, 1.807) is 37.7 Å². The van der Waals surface area contributed by atoms with Gasteiger partial charge in [0.05, 0.1) is 18.5 Å². The molecule has 2 rings (SSSR count). The van der Waals surface area contributed by atoms with Gasteiger partial charge in [0.1, 0.15) is 17.6 Å². The van der Waals surface area contributed by atoms with Crippen LogP contribution in [-0.4, -0.2) is 22.6 Å². The van der Waals surface area contributed by atoms with Crippen molar-refractivity contribution in [3.8, 4) is 5.75 Å². The molecule has 0 bridgehead atoms. The minimum absolute atomic E-state index is 0.139. The van der Waals surface area contributed by atoms with Crippen LogP contribution in [0.4, 0.5) is 11.4 Å². The van der Waals surface area contributed by atoms with Gasteiger partial charge < -0.3 is 20.4 Å². The predicted octanol–water partition coefficient (Wildman–Crippen LogP) is 2.24. The second-order valence-corrected chi connectivity index (χ2v) is 4.72. The van der Waals surface area contributed by atoms with Crippen molar-refractivity contribution in [1.29, 1.82) is 0 Å². The summed E-state index contributed by atoms with van der Waals surface area (Å²) >= 11 is 0. The maximum Gasteiger partial charge on any atom is 0.247 e. The third-order valence-corrected chi connectivity index (χ3v) is 3.38. The molecule has 21 heavy (non-hydrogen) atoms. The lowest BCUT2D eigenvalue weighted by molar-refractivity contribution is -0.118. The molecule has 0 fully saturated rings. The molecule has 6 heteroatoms. The Balaban J connectivity index is 2.14. The highest BCUT2D eigenvalue weighted by atomic mass is 16.5. The molecule has 0 aliphatic carbocycles. The Labute approximate surface area is 123 Å². The van der Waals surface area contributed by atoms with Crippen LogP contribution in [0.2, 0.25) is 0 Å². The molecule has 0 saturated heterocycles. The number of nitrogens with one attached hydrogen (secondary N) is 1. The number of methoxy groups -OCH3 is 1. The van der Waals surface area contributed by atoms with E-state index < -0.39 is 0 Å². The zero-order valence-electron chi connectivity index (χ0n) is 12.5. The van der Waals surface area contributed by atoms with Crippen LogP contribution in [0, 0.1) is 0 Å². The zero-order valence-corrected chi connectivity index (χ0v) is 12.5. The van der Waals surface area contributed by atoms with Gasteiger partial charge in [-0.05, 0) is 19.1 Å². The number of nitrogens with two attached hydrogens (primary N) is 1. The van der Waals surface area contributed by atoms with Crippen molar-refractivity contribution in [3.05, 3.63) is 36.4 Å². The van der Waals surface area contributed by atoms with Crippen molar-refractivity contribution >= 4 is 17.3 Å². The number of anilines is 2. The number of carbonyl (C=O) groups is 1. The zero-order chi connectivity index (χ0) is 15.4. The van der Waals surface area contributed by atoms with Crippen molar-refractivity contribution in [2.75, 3.05) is 18.2 Å². The molecule has 0 aliphatic rings. The molecule has 1 aromatic carbocycles. The Morgan fingerprint density at radius 2 is 2.29 bits per heavy atom. The van der Waals surface area contributed by atoms with Gasteiger partial charge in [-0.2, -0.15) is 0 Å². The first-order chi connectivity index (χ1) is 10.1. The fourth-order valence-corrected chi connectivity index (χ4v) is 2.12. The van der Waals surface area contributed by atoms with E-state index in [1.165, 1.54) is 0 Å². The van der Waals surface area contributed by atoms with Gasteiger partial charge in [0.2, 0.25) is 5.91 Å². The first kappa shape index (κ1) is 14.9. The molecular weight excluding hydrogens is 268 g/mol. The molecule has 1 heterocycles. The summed E-state index contributed by atoms with van der Waals surface area (Å²) in [7, 11) is 1.57. The van der Waals surface area contributed by atoms with Gasteiger partial charge in [0, 0.05) is 24.9 Å².